The highest BCUT2D eigenvalue weighted by Gasteiger charge is 2.36. The number of fused-ring (bicyclic) bond motifs is 1. The van der Waals surface area contributed by atoms with E-state index in [1.165, 1.54) is 0 Å². The first-order valence-electron chi connectivity index (χ1n) is 7.71. The van der Waals surface area contributed by atoms with Crippen LogP contribution in [0.15, 0.2) is 34.8 Å². The maximum Gasteiger partial charge on any atom is 0.162 e. The van der Waals surface area contributed by atoms with E-state index in [0.29, 0.717) is 16.5 Å². The molecule has 1 aliphatic heterocycles. The number of aliphatic imine (C=N–C) groups is 1. The molecule has 1 fully saturated rings. The summed E-state index contributed by atoms with van der Waals surface area (Å²) in [7, 11) is 0. The van der Waals surface area contributed by atoms with Crippen molar-refractivity contribution in [3.05, 3.63) is 40.4 Å². The SMILES string of the molecule is CCC1CCC2=NC(=N)C(C#N)=C(c3ccccc3Cl)C2C1. The molecule has 0 saturated heterocycles. The summed E-state index contributed by atoms with van der Waals surface area (Å²) in [5, 5.41) is 18.3. The molecule has 2 unspecified atom stereocenters. The van der Waals surface area contributed by atoms with E-state index >= 15 is 0 Å². The predicted molar refractivity (Wildman–Crippen MR) is 90.3 cm³/mol. The number of nitriles is 1. The molecule has 2 atom stereocenters. The normalized spacial score (nSPS) is 24.6. The van der Waals surface area contributed by atoms with Crippen LogP contribution < -0.4 is 0 Å². The lowest BCUT2D eigenvalue weighted by atomic mass is 9.71. The Bertz CT molecular complexity index is 724. The van der Waals surface area contributed by atoms with E-state index in [-0.39, 0.29) is 11.8 Å². The van der Waals surface area contributed by atoms with Gasteiger partial charge >= 0.3 is 0 Å². The molecule has 1 heterocycles. The summed E-state index contributed by atoms with van der Waals surface area (Å²) in [6, 6.07) is 9.79. The van der Waals surface area contributed by atoms with Gasteiger partial charge in [0.1, 0.15) is 11.6 Å². The number of dihydropyridines is 1. The molecule has 0 bridgehead atoms. The fourth-order valence-corrected chi connectivity index (χ4v) is 3.76. The number of halogens is 1. The number of allylic oxidation sites excluding steroid dienone is 1. The van der Waals surface area contributed by atoms with Crippen LogP contribution in [0.2, 0.25) is 5.02 Å². The predicted octanol–water partition coefficient (Wildman–Crippen LogP) is 4.88. The summed E-state index contributed by atoms with van der Waals surface area (Å²) in [6.07, 6.45) is 4.17. The van der Waals surface area contributed by atoms with Crippen LogP contribution in [0.4, 0.5) is 0 Å². The third-order valence-corrected chi connectivity index (χ3v) is 5.07. The molecule has 1 aromatic rings. The smallest absolute Gasteiger partial charge is 0.162 e. The number of hydrogen-bond acceptors (Lipinski definition) is 2. The summed E-state index contributed by atoms with van der Waals surface area (Å²) in [5.41, 5.74) is 3.20. The highest BCUT2D eigenvalue weighted by Crippen LogP contribution is 2.43. The second-order valence-corrected chi connectivity index (χ2v) is 6.34. The molecule has 0 spiro atoms. The minimum Gasteiger partial charge on any atom is -0.282 e. The van der Waals surface area contributed by atoms with Gasteiger partial charge < -0.3 is 0 Å². The van der Waals surface area contributed by atoms with Gasteiger partial charge in [0.2, 0.25) is 0 Å². The molecule has 4 heteroatoms. The Balaban J connectivity index is 2.15. The van der Waals surface area contributed by atoms with Gasteiger partial charge in [-0.25, -0.2) is 4.99 Å². The Labute approximate surface area is 135 Å². The van der Waals surface area contributed by atoms with E-state index in [4.69, 9.17) is 17.0 Å². The van der Waals surface area contributed by atoms with Crippen molar-refractivity contribution in [1.82, 2.24) is 0 Å². The summed E-state index contributed by atoms with van der Waals surface area (Å²) < 4.78 is 0. The van der Waals surface area contributed by atoms with E-state index in [9.17, 15) is 5.26 Å². The second-order valence-electron chi connectivity index (χ2n) is 5.93. The van der Waals surface area contributed by atoms with Crippen molar-refractivity contribution >= 4 is 28.7 Å². The van der Waals surface area contributed by atoms with Gasteiger partial charge in [0.25, 0.3) is 0 Å². The van der Waals surface area contributed by atoms with Crippen molar-refractivity contribution in [2.75, 3.05) is 0 Å². The van der Waals surface area contributed by atoms with Gasteiger partial charge in [-0.05, 0) is 42.4 Å². The topological polar surface area (TPSA) is 60.0 Å². The first-order chi connectivity index (χ1) is 10.7. The standard InChI is InChI=1S/C18H18ClN3/c1-2-11-7-8-16-13(9-11)17(14(10-20)18(21)22-16)12-5-3-4-6-15(12)19/h3-6,11,13,21H,2,7-9H2,1H3. The lowest BCUT2D eigenvalue weighted by molar-refractivity contribution is 0.399. The van der Waals surface area contributed by atoms with Gasteiger partial charge in [0, 0.05) is 16.7 Å². The summed E-state index contributed by atoms with van der Waals surface area (Å²) in [5.74, 6) is 0.856. The van der Waals surface area contributed by atoms with Crippen molar-refractivity contribution < 1.29 is 0 Å². The molecular weight excluding hydrogens is 294 g/mol. The number of amidine groups is 1. The Hall–Kier alpha value is -1.92. The van der Waals surface area contributed by atoms with Crippen molar-refractivity contribution in [1.29, 1.82) is 10.7 Å². The number of rotatable bonds is 2. The van der Waals surface area contributed by atoms with Crippen LogP contribution in [0.1, 0.15) is 38.2 Å². The summed E-state index contributed by atoms with van der Waals surface area (Å²) in [4.78, 5) is 4.41. The van der Waals surface area contributed by atoms with Gasteiger partial charge in [-0.3, -0.25) is 5.41 Å². The van der Waals surface area contributed by atoms with E-state index in [1.807, 2.05) is 24.3 Å². The molecule has 0 amide bonds. The Kier molecular flexibility index (Phi) is 4.13. The van der Waals surface area contributed by atoms with Crippen molar-refractivity contribution in [3.8, 4) is 6.07 Å². The van der Waals surface area contributed by atoms with Crippen LogP contribution in [-0.2, 0) is 0 Å². The third-order valence-electron chi connectivity index (χ3n) is 4.74. The summed E-state index contributed by atoms with van der Waals surface area (Å²) in [6.45, 7) is 2.21. The Morgan fingerprint density at radius 1 is 1.41 bits per heavy atom. The van der Waals surface area contributed by atoms with E-state index in [1.54, 1.807) is 0 Å². The largest absolute Gasteiger partial charge is 0.282 e. The zero-order chi connectivity index (χ0) is 15.7. The Morgan fingerprint density at radius 2 is 2.18 bits per heavy atom. The quantitative estimate of drug-likeness (QED) is 0.831. The lowest BCUT2D eigenvalue weighted by Crippen LogP contribution is -2.31. The molecule has 1 saturated carbocycles. The zero-order valence-electron chi connectivity index (χ0n) is 12.6. The minimum atomic E-state index is 0.0821. The zero-order valence-corrected chi connectivity index (χ0v) is 13.3. The molecular formula is C18H18ClN3. The molecule has 2 aliphatic rings. The molecule has 0 radical (unpaired) electrons. The maximum absolute atomic E-state index is 9.54. The highest BCUT2D eigenvalue weighted by molar-refractivity contribution is 6.33. The van der Waals surface area contributed by atoms with Crippen molar-refractivity contribution in [2.24, 2.45) is 16.8 Å². The molecule has 0 aromatic heterocycles. The fraction of sp³-hybridized carbons (Fsp3) is 0.389. The average Bonchev–Trinajstić information content (AvgIpc) is 2.54. The highest BCUT2D eigenvalue weighted by atomic mass is 35.5. The van der Waals surface area contributed by atoms with Gasteiger partial charge in [0.05, 0.1) is 0 Å². The van der Waals surface area contributed by atoms with Gasteiger partial charge in [-0.15, -0.1) is 0 Å². The Morgan fingerprint density at radius 3 is 2.86 bits per heavy atom. The maximum atomic E-state index is 9.54. The molecule has 1 aliphatic carbocycles. The number of hydrogen-bond donors (Lipinski definition) is 1. The van der Waals surface area contributed by atoms with E-state index in [2.05, 4.69) is 18.0 Å². The summed E-state index contributed by atoms with van der Waals surface area (Å²) >= 11 is 6.38. The lowest BCUT2D eigenvalue weighted by Gasteiger charge is -2.35. The van der Waals surface area contributed by atoms with Crippen LogP contribution >= 0.6 is 11.6 Å². The molecule has 22 heavy (non-hydrogen) atoms. The third kappa shape index (κ3) is 2.48. The first kappa shape index (κ1) is 15.0. The van der Waals surface area contributed by atoms with E-state index in [0.717, 1.165) is 42.5 Å². The monoisotopic (exact) mass is 311 g/mol. The number of benzene rings is 1. The average molecular weight is 312 g/mol. The molecule has 1 aromatic carbocycles. The minimum absolute atomic E-state index is 0.0821. The van der Waals surface area contributed by atoms with Crippen LogP contribution in [0, 0.1) is 28.6 Å². The fourth-order valence-electron chi connectivity index (χ4n) is 3.52. The number of nitrogens with one attached hydrogen (secondary N) is 1. The van der Waals surface area contributed by atoms with Crippen LogP contribution in [0.5, 0.6) is 0 Å². The first-order valence-corrected chi connectivity index (χ1v) is 8.09. The molecule has 112 valence electrons. The van der Waals surface area contributed by atoms with Gasteiger partial charge in [0.15, 0.2) is 5.84 Å². The number of nitrogens with zero attached hydrogens (tertiary/aromatic N) is 2. The van der Waals surface area contributed by atoms with E-state index < -0.39 is 0 Å². The van der Waals surface area contributed by atoms with Crippen LogP contribution in [-0.4, -0.2) is 11.5 Å². The second kappa shape index (κ2) is 6.06. The molecule has 1 N–H and O–H groups in total. The van der Waals surface area contributed by atoms with Crippen LogP contribution in [0.3, 0.4) is 0 Å². The van der Waals surface area contributed by atoms with Crippen molar-refractivity contribution in [2.45, 2.75) is 32.6 Å². The van der Waals surface area contributed by atoms with Crippen molar-refractivity contribution in [3.63, 3.8) is 0 Å². The van der Waals surface area contributed by atoms with Gasteiger partial charge in [-0.2, -0.15) is 5.26 Å². The molecule has 3 nitrogen and oxygen atoms in total. The van der Waals surface area contributed by atoms with Gasteiger partial charge in [-0.1, -0.05) is 43.1 Å². The molecule has 3 rings (SSSR count). The van der Waals surface area contributed by atoms with Crippen LogP contribution in [0.25, 0.3) is 5.57 Å².